The third-order valence-corrected chi connectivity index (χ3v) is 2.80. The molecule has 1 N–H and O–H groups in total. The number of rotatable bonds is 3. The van der Waals surface area contributed by atoms with Crippen LogP contribution in [0.1, 0.15) is 21.5 Å². The highest BCUT2D eigenvalue weighted by atomic mass is 16.5. The van der Waals surface area contributed by atoms with Gasteiger partial charge in [-0.1, -0.05) is 6.07 Å². The van der Waals surface area contributed by atoms with Gasteiger partial charge in [-0.2, -0.15) is 0 Å². The smallest absolute Gasteiger partial charge is 0.335 e. The first-order valence-electron chi connectivity index (χ1n) is 5.23. The number of carboxylic acid groups (broad SMARTS) is 1. The van der Waals surface area contributed by atoms with Crippen LogP contribution in [0.25, 0.3) is 0 Å². The van der Waals surface area contributed by atoms with E-state index in [2.05, 4.69) is 0 Å². The lowest BCUT2D eigenvalue weighted by Crippen LogP contribution is -2.28. The molecular weight excluding hydrogens is 222 g/mol. The summed E-state index contributed by atoms with van der Waals surface area (Å²) in [5, 5.41) is 8.87. The van der Waals surface area contributed by atoms with E-state index in [1.807, 2.05) is 0 Å². The van der Waals surface area contributed by atoms with E-state index in [4.69, 9.17) is 9.84 Å². The average molecular weight is 235 g/mol. The molecule has 2 rings (SSSR count). The SMILES string of the molecule is COCC(=O)N1Cc2ccc(C(=O)O)cc2C1. The third kappa shape index (κ3) is 2.29. The van der Waals surface area contributed by atoms with Gasteiger partial charge in [-0.15, -0.1) is 0 Å². The summed E-state index contributed by atoms with van der Waals surface area (Å²) in [5.74, 6) is -1.03. The van der Waals surface area contributed by atoms with Gasteiger partial charge in [-0.05, 0) is 23.3 Å². The second kappa shape index (κ2) is 4.55. The highest BCUT2D eigenvalue weighted by Crippen LogP contribution is 2.23. The molecule has 0 saturated carbocycles. The molecule has 0 unspecified atom stereocenters. The lowest BCUT2D eigenvalue weighted by Gasteiger charge is -2.14. The van der Waals surface area contributed by atoms with Crippen molar-refractivity contribution in [1.29, 1.82) is 0 Å². The Hall–Kier alpha value is -1.88. The molecule has 5 nitrogen and oxygen atoms in total. The molecular formula is C12H13NO4. The Labute approximate surface area is 98.6 Å². The molecule has 17 heavy (non-hydrogen) atoms. The molecule has 5 heteroatoms. The van der Waals surface area contributed by atoms with E-state index >= 15 is 0 Å². The number of carbonyl (C=O) groups excluding carboxylic acids is 1. The zero-order valence-corrected chi connectivity index (χ0v) is 9.47. The molecule has 1 aliphatic heterocycles. The van der Waals surface area contributed by atoms with Crippen molar-refractivity contribution in [2.75, 3.05) is 13.7 Å². The fraction of sp³-hybridized carbons (Fsp3) is 0.333. The number of aromatic carboxylic acids is 1. The molecule has 1 aliphatic rings. The third-order valence-electron chi connectivity index (χ3n) is 2.80. The number of amides is 1. The summed E-state index contributed by atoms with van der Waals surface area (Å²) in [6.07, 6.45) is 0. The topological polar surface area (TPSA) is 66.8 Å². The number of ether oxygens (including phenoxy) is 1. The van der Waals surface area contributed by atoms with Crippen LogP contribution in [0.15, 0.2) is 18.2 Å². The number of methoxy groups -OCH3 is 1. The van der Waals surface area contributed by atoms with Gasteiger partial charge in [0.05, 0.1) is 5.56 Å². The quantitative estimate of drug-likeness (QED) is 0.844. The van der Waals surface area contributed by atoms with Gasteiger partial charge >= 0.3 is 5.97 Å². The molecule has 0 bridgehead atoms. The summed E-state index contributed by atoms with van der Waals surface area (Å²) in [6.45, 7) is 1.04. The van der Waals surface area contributed by atoms with Crippen LogP contribution in [-0.4, -0.2) is 35.6 Å². The maximum Gasteiger partial charge on any atom is 0.335 e. The van der Waals surface area contributed by atoms with E-state index in [1.165, 1.54) is 7.11 Å². The Bertz CT molecular complexity index is 470. The maximum absolute atomic E-state index is 11.6. The van der Waals surface area contributed by atoms with Crippen LogP contribution in [0.3, 0.4) is 0 Å². The van der Waals surface area contributed by atoms with Crippen LogP contribution < -0.4 is 0 Å². The van der Waals surface area contributed by atoms with Crippen LogP contribution in [0.5, 0.6) is 0 Å². The van der Waals surface area contributed by atoms with Gasteiger partial charge in [0.1, 0.15) is 6.61 Å². The fourth-order valence-corrected chi connectivity index (χ4v) is 1.92. The zero-order valence-electron chi connectivity index (χ0n) is 9.47. The van der Waals surface area contributed by atoms with Crippen LogP contribution >= 0.6 is 0 Å². The average Bonchev–Trinajstić information content (AvgIpc) is 2.71. The summed E-state index contributed by atoms with van der Waals surface area (Å²) in [5.41, 5.74) is 2.15. The number of hydrogen-bond donors (Lipinski definition) is 1. The largest absolute Gasteiger partial charge is 0.478 e. The van der Waals surface area contributed by atoms with Crippen LogP contribution in [0.2, 0.25) is 0 Å². The van der Waals surface area contributed by atoms with Crippen molar-refractivity contribution in [3.63, 3.8) is 0 Å². The molecule has 90 valence electrons. The second-order valence-corrected chi connectivity index (χ2v) is 3.97. The minimum atomic E-state index is -0.950. The number of nitrogens with zero attached hydrogens (tertiary/aromatic N) is 1. The van der Waals surface area contributed by atoms with Crippen LogP contribution in [-0.2, 0) is 22.6 Å². The molecule has 1 heterocycles. The van der Waals surface area contributed by atoms with Crippen LogP contribution in [0, 0.1) is 0 Å². The predicted molar refractivity (Wildman–Crippen MR) is 59.5 cm³/mol. The van der Waals surface area contributed by atoms with Gasteiger partial charge in [0.25, 0.3) is 0 Å². The summed E-state index contributed by atoms with van der Waals surface area (Å²) in [7, 11) is 1.48. The van der Waals surface area contributed by atoms with Gasteiger partial charge in [-0.3, -0.25) is 4.79 Å². The predicted octanol–water partition coefficient (Wildman–Crippen LogP) is 0.873. The molecule has 0 fully saturated rings. The molecule has 1 aromatic rings. The minimum Gasteiger partial charge on any atom is -0.478 e. The van der Waals surface area contributed by atoms with E-state index in [9.17, 15) is 9.59 Å². The van der Waals surface area contributed by atoms with Gasteiger partial charge in [0, 0.05) is 20.2 Å². The molecule has 0 spiro atoms. The number of carboxylic acids is 1. The normalized spacial score (nSPS) is 13.6. The number of benzene rings is 1. The van der Waals surface area contributed by atoms with Gasteiger partial charge in [0.2, 0.25) is 5.91 Å². The van der Waals surface area contributed by atoms with Gasteiger partial charge in [-0.25, -0.2) is 4.79 Å². The van der Waals surface area contributed by atoms with Crippen molar-refractivity contribution in [3.8, 4) is 0 Å². The monoisotopic (exact) mass is 235 g/mol. The van der Waals surface area contributed by atoms with Gasteiger partial charge < -0.3 is 14.7 Å². The minimum absolute atomic E-state index is 0.0553. The van der Waals surface area contributed by atoms with Crippen molar-refractivity contribution < 1.29 is 19.4 Å². The summed E-state index contributed by atoms with van der Waals surface area (Å²) >= 11 is 0. The van der Waals surface area contributed by atoms with Crippen molar-refractivity contribution in [2.24, 2.45) is 0 Å². The standard InChI is InChI=1S/C12H13NO4/c1-17-7-11(14)13-5-9-3-2-8(12(15)16)4-10(9)6-13/h2-4H,5-7H2,1H3,(H,15,16). The zero-order chi connectivity index (χ0) is 12.4. The van der Waals surface area contributed by atoms with Crippen molar-refractivity contribution in [1.82, 2.24) is 4.90 Å². The Morgan fingerprint density at radius 3 is 2.71 bits per heavy atom. The van der Waals surface area contributed by atoms with E-state index in [-0.39, 0.29) is 18.1 Å². The van der Waals surface area contributed by atoms with Crippen molar-refractivity contribution in [2.45, 2.75) is 13.1 Å². The lowest BCUT2D eigenvalue weighted by atomic mass is 10.1. The first-order chi connectivity index (χ1) is 8.11. The summed E-state index contributed by atoms with van der Waals surface area (Å²) in [4.78, 5) is 24.1. The van der Waals surface area contributed by atoms with E-state index in [1.54, 1.807) is 23.1 Å². The summed E-state index contributed by atoms with van der Waals surface area (Å²) < 4.78 is 4.79. The number of fused-ring (bicyclic) bond motifs is 1. The Kier molecular flexibility index (Phi) is 3.10. The first kappa shape index (κ1) is 11.6. The fourth-order valence-electron chi connectivity index (χ4n) is 1.92. The van der Waals surface area contributed by atoms with Gasteiger partial charge in [0.15, 0.2) is 0 Å². The molecule has 1 aromatic carbocycles. The highest BCUT2D eigenvalue weighted by molar-refractivity contribution is 5.88. The molecule has 0 aromatic heterocycles. The molecule has 0 saturated heterocycles. The Morgan fingerprint density at radius 1 is 1.35 bits per heavy atom. The summed E-state index contributed by atoms with van der Waals surface area (Å²) in [6, 6.07) is 4.95. The molecule has 1 amide bonds. The lowest BCUT2D eigenvalue weighted by molar-refractivity contribution is -0.135. The molecule has 0 radical (unpaired) electrons. The van der Waals surface area contributed by atoms with Crippen molar-refractivity contribution >= 4 is 11.9 Å². The number of carbonyl (C=O) groups is 2. The Balaban J connectivity index is 2.16. The molecule has 0 atom stereocenters. The first-order valence-corrected chi connectivity index (χ1v) is 5.23. The van der Waals surface area contributed by atoms with E-state index < -0.39 is 5.97 Å². The van der Waals surface area contributed by atoms with E-state index in [0.29, 0.717) is 13.1 Å². The Morgan fingerprint density at radius 2 is 2.06 bits per heavy atom. The van der Waals surface area contributed by atoms with Crippen molar-refractivity contribution in [3.05, 3.63) is 34.9 Å². The number of hydrogen-bond acceptors (Lipinski definition) is 3. The second-order valence-electron chi connectivity index (χ2n) is 3.97. The molecule has 0 aliphatic carbocycles. The van der Waals surface area contributed by atoms with E-state index in [0.717, 1.165) is 11.1 Å². The van der Waals surface area contributed by atoms with Crippen LogP contribution in [0.4, 0.5) is 0 Å². The highest BCUT2D eigenvalue weighted by Gasteiger charge is 2.23. The maximum atomic E-state index is 11.6.